The predicted octanol–water partition coefficient (Wildman–Crippen LogP) is 4.04. The molecule has 1 saturated heterocycles. The summed E-state index contributed by atoms with van der Waals surface area (Å²) in [7, 11) is 1.68. The van der Waals surface area contributed by atoms with Crippen LogP contribution < -0.4 is 20.7 Å². The van der Waals surface area contributed by atoms with Crippen LogP contribution in [0.4, 0.5) is 17.6 Å². The molecule has 41 heavy (non-hydrogen) atoms. The molecule has 0 aliphatic carbocycles. The van der Waals surface area contributed by atoms with Crippen molar-refractivity contribution in [2.75, 3.05) is 30.4 Å². The van der Waals surface area contributed by atoms with E-state index in [0.717, 1.165) is 78.5 Å². The molecule has 2 aliphatic rings. The van der Waals surface area contributed by atoms with Gasteiger partial charge in [-0.3, -0.25) is 9.69 Å². The van der Waals surface area contributed by atoms with Crippen LogP contribution in [-0.4, -0.2) is 56.6 Å². The highest BCUT2D eigenvalue weighted by Gasteiger charge is 2.34. The fourth-order valence-corrected chi connectivity index (χ4v) is 5.85. The molecule has 4 aromatic rings. The van der Waals surface area contributed by atoms with Gasteiger partial charge in [0.05, 0.1) is 24.7 Å². The van der Waals surface area contributed by atoms with Crippen molar-refractivity contribution in [2.24, 2.45) is 5.73 Å². The number of amides is 1. The molecule has 0 unspecified atom stereocenters. The number of carbonyl (C=O) groups excluding carboxylic acids is 1. The van der Waals surface area contributed by atoms with Gasteiger partial charge in [0.1, 0.15) is 23.9 Å². The van der Waals surface area contributed by atoms with Crippen molar-refractivity contribution in [3.8, 4) is 11.4 Å². The normalized spacial score (nSPS) is 17.0. The highest BCUT2D eigenvalue weighted by molar-refractivity contribution is 5.84. The molecule has 10 nitrogen and oxygen atoms in total. The van der Waals surface area contributed by atoms with Crippen molar-refractivity contribution >= 4 is 23.5 Å². The number of aryl methyl sites for hydroxylation is 1. The Bertz CT molecular complexity index is 1570. The maximum absolute atomic E-state index is 12.4. The summed E-state index contributed by atoms with van der Waals surface area (Å²) in [4.78, 5) is 31.3. The maximum Gasteiger partial charge on any atom is 0.240 e. The zero-order valence-corrected chi connectivity index (χ0v) is 23.8. The number of anilines is 3. The number of benzene rings is 2. The number of nitrogens with two attached hydrogens (primary N) is 1. The average Bonchev–Trinajstić information content (AvgIpc) is 3.65. The van der Waals surface area contributed by atoms with Gasteiger partial charge in [-0.2, -0.15) is 4.98 Å². The Morgan fingerprint density at radius 2 is 1.98 bits per heavy atom. The molecule has 2 aromatic heterocycles. The number of nitrogens with zero attached hydrogens (tertiary/aromatic N) is 6. The number of primary amides is 1. The molecule has 3 N–H and O–H groups in total. The first-order valence-electron chi connectivity index (χ1n) is 14.1. The summed E-state index contributed by atoms with van der Waals surface area (Å²) in [6.07, 6.45) is 6.09. The minimum absolute atomic E-state index is 0.316. The van der Waals surface area contributed by atoms with E-state index in [9.17, 15) is 4.79 Å². The summed E-state index contributed by atoms with van der Waals surface area (Å²) in [5, 5.41) is 3.32. The lowest BCUT2D eigenvalue weighted by Gasteiger charge is -2.33. The van der Waals surface area contributed by atoms with Gasteiger partial charge in [0, 0.05) is 44.2 Å². The van der Waals surface area contributed by atoms with Gasteiger partial charge in [-0.15, -0.1) is 0 Å². The first kappa shape index (κ1) is 26.8. The van der Waals surface area contributed by atoms with Gasteiger partial charge in [-0.25, -0.2) is 9.97 Å². The van der Waals surface area contributed by atoms with Gasteiger partial charge in [0.15, 0.2) is 5.82 Å². The molecule has 0 saturated carbocycles. The fourth-order valence-electron chi connectivity index (χ4n) is 5.85. The van der Waals surface area contributed by atoms with Gasteiger partial charge < -0.3 is 25.3 Å². The van der Waals surface area contributed by atoms with Gasteiger partial charge in [0.2, 0.25) is 11.9 Å². The molecule has 2 aromatic carbocycles. The summed E-state index contributed by atoms with van der Waals surface area (Å²) in [5.41, 5.74) is 12.4. The number of imidazole rings is 1. The number of nitrogens with one attached hydrogen (secondary N) is 1. The summed E-state index contributed by atoms with van der Waals surface area (Å²) in [6, 6.07) is 14.2. The zero-order valence-electron chi connectivity index (χ0n) is 23.8. The van der Waals surface area contributed by atoms with Crippen molar-refractivity contribution in [1.29, 1.82) is 0 Å². The number of hydrogen-bond donors (Lipinski definition) is 2. The van der Waals surface area contributed by atoms with E-state index in [1.807, 2.05) is 29.8 Å². The van der Waals surface area contributed by atoms with Crippen molar-refractivity contribution < 1.29 is 9.53 Å². The third-order valence-corrected chi connectivity index (χ3v) is 8.16. The minimum atomic E-state index is -0.370. The number of fused-ring (bicyclic) bond motifs is 1. The second-order valence-corrected chi connectivity index (χ2v) is 10.9. The van der Waals surface area contributed by atoms with E-state index in [1.165, 1.54) is 5.56 Å². The van der Waals surface area contributed by atoms with Gasteiger partial charge >= 0.3 is 0 Å². The number of carbonyl (C=O) groups is 1. The lowest BCUT2D eigenvalue weighted by atomic mass is 10.0. The first-order chi connectivity index (χ1) is 19.9. The summed E-state index contributed by atoms with van der Waals surface area (Å²) in [6.45, 7) is 7.30. The van der Waals surface area contributed by atoms with E-state index in [4.69, 9.17) is 20.4 Å². The van der Waals surface area contributed by atoms with Gasteiger partial charge in [0.25, 0.3) is 0 Å². The predicted molar refractivity (Wildman–Crippen MR) is 159 cm³/mol. The molecular weight excluding hydrogens is 516 g/mol. The van der Waals surface area contributed by atoms with Crippen LogP contribution in [0.3, 0.4) is 0 Å². The lowest BCUT2D eigenvalue weighted by molar-refractivity contribution is -0.119. The highest BCUT2D eigenvalue weighted by atomic mass is 16.5. The Balaban J connectivity index is 1.31. The molecule has 212 valence electrons. The zero-order chi connectivity index (χ0) is 28.5. The molecule has 2 aliphatic heterocycles. The first-order valence-corrected chi connectivity index (χ1v) is 14.1. The van der Waals surface area contributed by atoms with Crippen LogP contribution in [0.25, 0.3) is 5.69 Å². The molecule has 0 bridgehead atoms. The molecule has 1 amide bonds. The van der Waals surface area contributed by atoms with Crippen LogP contribution in [0.5, 0.6) is 5.75 Å². The molecule has 10 heteroatoms. The van der Waals surface area contributed by atoms with Crippen LogP contribution in [0.15, 0.2) is 55.0 Å². The molecule has 1 atom stereocenters. The quantitative estimate of drug-likeness (QED) is 0.337. The summed E-state index contributed by atoms with van der Waals surface area (Å²) >= 11 is 0. The molecule has 1 fully saturated rings. The summed E-state index contributed by atoms with van der Waals surface area (Å²) in [5.74, 6) is 2.40. The number of rotatable bonds is 8. The van der Waals surface area contributed by atoms with E-state index in [2.05, 4.69) is 57.4 Å². The fraction of sp³-hybridized carbons (Fsp3) is 0.355. The van der Waals surface area contributed by atoms with Crippen molar-refractivity contribution in [2.45, 2.75) is 52.2 Å². The smallest absolute Gasteiger partial charge is 0.240 e. The van der Waals surface area contributed by atoms with Crippen LogP contribution in [0.1, 0.15) is 40.8 Å². The standard InChI is InChI=1S/C31H36N8O2/c1-20-14-23(15-27(41-3)21(20)2)38-18-28(33-19-38)35-31-34-25-11-13-37(16-22-8-5-4-6-9-22)17-24(25)30(36-31)39-12-7-10-26(39)29(32)40/h4-6,8-9,14-15,18-19,26H,7,10-13,16-17H2,1-3H3,(H2,32,40)(H,34,35,36)/t26-/m0/s1. The monoisotopic (exact) mass is 552 g/mol. The maximum atomic E-state index is 12.4. The Morgan fingerprint density at radius 3 is 2.76 bits per heavy atom. The third kappa shape index (κ3) is 5.47. The van der Waals surface area contributed by atoms with E-state index in [1.54, 1.807) is 13.4 Å². The van der Waals surface area contributed by atoms with Crippen LogP contribution in [0, 0.1) is 13.8 Å². The van der Waals surface area contributed by atoms with E-state index in [-0.39, 0.29) is 11.9 Å². The van der Waals surface area contributed by atoms with E-state index in [0.29, 0.717) is 18.3 Å². The number of methoxy groups -OCH3 is 1. The van der Waals surface area contributed by atoms with Crippen molar-refractivity contribution in [3.63, 3.8) is 0 Å². The average molecular weight is 553 g/mol. The number of ether oxygens (including phenoxy) is 1. The van der Waals surface area contributed by atoms with E-state index < -0.39 is 0 Å². The van der Waals surface area contributed by atoms with Crippen LogP contribution >= 0.6 is 0 Å². The van der Waals surface area contributed by atoms with Gasteiger partial charge in [-0.05, 0) is 49.4 Å². The summed E-state index contributed by atoms with van der Waals surface area (Å²) < 4.78 is 7.51. The molecule has 0 spiro atoms. The second kappa shape index (κ2) is 11.2. The van der Waals surface area contributed by atoms with E-state index >= 15 is 0 Å². The lowest BCUT2D eigenvalue weighted by Crippen LogP contribution is -2.42. The topological polar surface area (TPSA) is 114 Å². The Kier molecular flexibility index (Phi) is 7.32. The number of aromatic nitrogens is 4. The Morgan fingerprint density at radius 1 is 1.15 bits per heavy atom. The number of hydrogen-bond acceptors (Lipinski definition) is 8. The Labute approximate surface area is 240 Å². The van der Waals surface area contributed by atoms with Crippen molar-refractivity contribution in [1.82, 2.24) is 24.4 Å². The highest BCUT2D eigenvalue weighted by Crippen LogP contribution is 2.34. The van der Waals surface area contributed by atoms with Crippen LogP contribution in [-0.2, 0) is 24.3 Å². The molecule has 0 radical (unpaired) electrons. The van der Waals surface area contributed by atoms with Crippen LogP contribution in [0.2, 0.25) is 0 Å². The molecular formula is C31H36N8O2. The van der Waals surface area contributed by atoms with Crippen molar-refractivity contribution in [3.05, 3.63) is 82.9 Å². The third-order valence-electron chi connectivity index (χ3n) is 8.16. The van der Waals surface area contributed by atoms with Gasteiger partial charge in [-0.1, -0.05) is 30.3 Å². The second-order valence-electron chi connectivity index (χ2n) is 10.9. The largest absolute Gasteiger partial charge is 0.496 e. The molecule has 6 rings (SSSR count). The SMILES string of the molecule is COc1cc(-n2cnc(Nc3nc4c(c(N5CCC[C@H]5C(N)=O)n3)CN(Cc3ccccc3)CC4)c2)cc(C)c1C. The molecule has 4 heterocycles. The Hall–Kier alpha value is -4.44. The minimum Gasteiger partial charge on any atom is -0.496 e.